The number of nitrogens with zero attached hydrogens (tertiary/aromatic N) is 2. The molecule has 0 saturated carbocycles. The van der Waals surface area contributed by atoms with Crippen LogP contribution in [-0.2, 0) is 0 Å². The predicted molar refractivity (Wildman–Crippen MR) is 43.8 cm³/mol. The maximum atomic E-state index is 10.8. The van der Waals surface area contributed by atoms with Gasteiger partial charge in [0.05, 0.1) is 5.03 Å². The zero-order valence-corrected chi connectivity index (χ0v) is 7.18. The van der Waals surface area contributed by atoms with Crippen molar-refractivity contribution >= 4 is 17.5 Å². The lowest BCUT2D eigenvalue weighted by atomic mass is 10.4. The molecular formula is C7H8N2OS. The Labute approximate surface area is 69.3 Å². The third-order valence-electron chi connectivity index (χ3n) is 1.15. The topological polar surface area (TPSA) is 42.9 Å². The van der Waals surface area contributed by atoms with Crippen LogP contribution in [0.1, 0.15) is 17.5 Å². The van der Waals surface area contributed by atoms with E-state index in [4.69, 9.17) is 0 Å². The summed E-state index contributed by atoms with van der Waals surface area (Å²) in [7, 11) is 0. The fraction of sp³-hybridized carbons (Fsp3) is 0.286. The number of aromatic nitrogens is 2. The van der Waals surface area contributed by atoms with E-state index in [9.17, 15) is 4.79 Å². The van der Waals surface area contributed by atoms with Crippen molar-refractivity contribution < 1.29 is 4.79 Å². The minimum atomic E-state index is -0.0964. The summed E-state index contributed by atoms with van der Waals surface area (Å²) in [6, 6.07) is 1.77. The molecule has 0 bridgehead atoms. The standard InChI is InChI=1S/C7H8N2OS/c1-5(10)7-8-4-3-6(9-7)11-2/h3-4H,1-2H3. The zero-order chi connectivity index (χ0) is 8.27. The number of carbonyl (C=O) groups is 1. The van der Waals surface area contributed by atoms with E-state index in [1.165, 1.54) is 18.7 Å². The molecule has 1 rings (SSSR count). The van der Waals surface area contributed by atoms with Crippen molar-refractivity contribution in [2.75, 3.05) is 6.26 Å². The second kappa shape index (κ2) is 3.48. The van der Waals surface area contributed by atoms with Gasteiger partial charge in [-0.3, -0.25) is 4.79 Å². The van der Waals surface area contributed by atoms with Crippen LogP contribution in [0.25, 0.3) is 0 Å². The average Bonchev–Trinajstić information content (AvgIpc) is 2.05. The maximum Gasteiger partial charge on any atom is 0.197 e. The van der Waals surface area contributed by atoms with E-state index in [2.05, 4.69) is 9.97 Å². The number of rotatable bonds is 2. The Hall–Kier alpha value is -0.900. The van der Waals surface area contributed by atoms with Crippen molar-refractivity contribution in [2.24, 2.45) is 0 Å². The van der Waals surface area contributed by atoms with Crippen molar-refractivity contribution in [3.8, 4) is 0 Å². The molecular weight excluding hydrogens is 160 g/mol. The lowest BCUT2D eigenvalue weighted by molar-refractivity contribution is 0.100. The van der Waals surface area contributed by atoms with Gasteiger partial charge in [-0.2, -0.15) is 0 Å². The summed E-state index contributed by atoms with van der Waals surface area (Å²) in [5, 5.41) is 0.824. The fourth-order valence-corrected chi connectivity index (χ4v) is 1.00. The third kappa shape index (κ3) is 2.01. The monoisotopic (exact) mass is 168 g/mol. The van der Waals surface area contributed by atoms with Crippen molar-refractivity contribution in [3.63, 3.8) is 0 Å². The first-order valence-corrected chi connectivity index (χ1v) is 4.34. The van der Waals surface area contributed by atoms with Gasteiger partial charge in [0.15, 0.2) is 11.6 Å². The molecule has 0 aromatic carbocycles. The SMILES string of the molecule is CSc1ccnc(C(C)=O)n1. The quantitative estimate of drug-likeness (QED) is 0.380. The second-order valence-electron chi connectivity index (χ2n) is 1.98. The number of ketones is 1. The van der Waals surface area contributed by atoms with Crippen molar-refractivity contribution in [1.82, 2.24) is 9.97 Å². The molecule has 0 aliphatic carbocycles. The van der Waals surface area contributed by atoms with Crippen molar-refractivity contribution in [1.29, 1.82) is 0 Å². The van der Waals surface area contributed by atoms with E-state index < -0.39 is 0 Å². The smallest absolute Gasteiger partial charge is 0.197 e. The summed E-state index contributed by atoms with van der Waals surface area (Å²) in [6.45, 7) is 1.46. The highest BCUT2D eigenvalue weighted by molar-refractivity contribution is 7.98. The van der Waals surface area contributed by atoms with Gasteiger partial charge in [-0.1, -0.05) is 0 Å². The summed E-state index contributed by atoms with van der Waals surface area (Å²) < 4.78 is 0. The van der Waals surface area contributed by atoms with Gasteiger partial charge in [0.2, 0.25) is 0 Å². The molecule has 58 valence electrons. The van der Waals surface area contributed by atoms with Crippen molar-refractivity contribution in [3.05, 3.63) is 18.1 Å². The molecule has 3 nitrogen and oxygen atoms in total. The highest BCUT2D eigenvalue weighted by Gasteiger charge is 2.01. The minimum Gasteiger partial charge on any atom is -0.291 e. The van der Waals surface area contributed by atoms with E-state index in [-0.39, 0.29) is 11.6 Å². The van der Waals surface area contributed by atoms with Crippen LogP contribution in [0.5, 0.6) is 0 Å². The Morgan fingerprint density at radius 2 is 2.36 bits per heavy atom. The van der Waals surface area contributed by atoms with Gasteiger partial charge in [0.25, 0.3) is 0 Å². The Balaban J connectivity index is 3.01. The van der Waals surface area contributed by atoms with Gasteiger partial charge < -0.3 is 0 Å². The molecule has 11 heavy (non-hydrogen) atoms. The lowest BCUT2D eigenvalue weighted by Crippen LogP contribution is -2.00. The highest BCUT2D eigenvalue weighted by atomic mass is 32.2. The molecule has 0 aliphatic heterocycles. The minimum absolute atomic E-state index is 0.0964. The molecule has 1 aromatic heterocycles. The van der Waals surface area contributed by atoms with Crippen molar-refractivity contribution in [2.45, 2.75) is 11.9 Å². The number of carbonyl (C=O) groups excluding carboxylic acids is 1. The van der Waals surface area contributed by atoms with Gasteiger partial charge >= 0.3 is 0 Å². The molecule has 4 heteroatoms. The molecule has 1 heterocycles. The van der Waals surface area contributed by atoms with Crippen LogP contribution in [0.2, 0.25) is 0 Å². The van der Waals surface area contributed by atoms with Gasteiger partial charge in [-0.25, -0.2) is 9.97 Å². The normalized spacial score (nSPS) is 9.64. The molecule has 0 saturated heterocycles. The Morgan fingerprint density at radius 1 is 1.64 bits per heavy atom. The molecule has 0 atom stereocenters. The van der Waals surface area contributed by atoms with Crippen LogP contribution < -0.4 is 0 Å². The van der Waals surface area contributed by atoms with Crippen LogP contribution in [0, 0.1) is 0 Å². The van der Waals surface area contributed by atoms with E-state index in [1.54, 1.807) is 12.3 Å². The molecule has 0 amide bonds. The van der Waals surface area contributed by atoms with Crippen LogP contribution in [-0.4, -0.2) is 22.0 Å². The largest absolute Gasteiger partial charge is 0.291 e. The van der Waals surface area contributed by atoms with E-state index in [0.717, 1.165) is 5.03 Å². The van der Waals surface area contributed by atoms with Crippen LogP contribution >= 0.6 is 11.8 Å². The summed E-state index contributed by atoms with van der Waals surface area (Å²) in [4.78, 5) is 18.6. The summed E-state index contributed by atoms with van der Waals surface area (Å²) >= 11 is 1.50. The van der Waals surface area contributed by atoms with E-state index in [0.29, 0.717) is 0 Å². The maximum absolute atomic E-state index is 10.8. The number of hydrogen-bond donors (Lipinski definition) is 0. The summed E-state index contributed by atoms with van der Waals surface area (Å²) in [5.74, 6) is 0.192. The lowest BCUT2D eigenvalue weighted by Gasteiger charge is -1.95. The molecule has 1 aromatic rings. The molecule has 0 unspecified atom stereocenters. The Kier molecular flexibility index (Phi) is 2.59. The molecule has 0 radical (unpaired) electrons. The van der Waals surface area contributed by atoms with Gasteiger partial charge in [-0.15, -0.1) is 11.8 Å². The van der Waals surface area contributed by atoms with Crippen LogP contribution in [0.3, 0.4) is 0 Å². The summed E-state index contributed by atoms with van der Waals surface area (Å²) in [5.41, 5.74) is 0. The van der Waals surface area contributed by atoms with Crippen LogP contribution in [0.4, 0.5) is 0 Å². The number of Topliss-reactive ketones (excluding diaryl/α,β-unsaturated/α-hetero) is 1. The van der Waals surface area contributed by atoms with Gasteiger partial charge in [-0.05, 0) is 12.3 Å². The predicted octanol–water partition coefficient (Wildman–Crippen LogP) is 1.40. The fourth-order valence-electron chi connectivity index (χ4n) is 0.625. The van der Waals surface area contributed by atoms with E-state index in [1.807, 2.05) is 6.26 Å². The number of hydrogen-bond acceptors (Lipinski definition) is 4. The average molecular weight is 168 g/mol. The molecule has 0 fully saturated rings. The van der Waals surface area contributed by atoms with Gasteiger partial charge in [0.1, 0.15) is 0 Å². The van der Waals surface area contributed by atoms with Crippen LogP contribution in [0.15, 0.2) is 17.3 Å². The zero-order valence-electron chi connectivity index (χ0n) is 6.37. The number of thioether (sulfide) groups is 1. The highest BCUT2D eigenvalue weighted by Crippen LogP contribution is 2.09. The first-order valence-electron chi connectivity index (χ1n) is 3.12. The molecule has 0 spiro atoms. The first-order chi connectivity index (χ1) is 5.24. The molecule has 0 N–H and O–H groups in total. The van der Waals surface area contributed by atoms with Gasteiger partial charge in [0, 0.05) is 13.1 Å². The molecule has 0 aliphatic rings. The second-order valence-corrected chi connectivity index (χ2v) is 2.81. The van der Waals surface area contributed by atoms with E-state index >= 15 is 0 Å². The third-order valence-corrected chi connectivity index (χ3v) is 1.80. The Morgan fingerprint density at radius 3 is 2.91 bits per heavy atom. The first kappa shape index (κ1) is 8.20. The summed E-state index contributed by atoms with van der Waals surface area (Å²) in [6.07, 6.45) is 3.50. The Bertz CT molecular complexity index is 275.